The highest BCUT2D eigenvalue weighted by atomic mass is 16.5. The molecule has 196 valence electrons. The summed E-state index contributed by atoms with van der Waals surface area (Å²) in [5.74, 6) is 1.42. The minimum absolute atomic E-state index is 0.236. The van der Waals surface area contributed by atoms with E-state index in [1.807, 2.05) is 24.3 Å². The topological polar surface area (TPSA) is 58.1 Å². The van der Waals surface area contributed by atoms with Crippen LogP contribution in [0.2, 0.25) is 0 Å². The number of fused-ring (bicyclic) bond motifs is 3. The van der Waals surface area contributed by atoms with Crippen molar-refractivity contribution >= 4 is 10.9 Å². The van der Waals surface area contributed by atoms with E-state index in [0.29, 0.717) is 18.0 Å². The molecule has 2 aliphatic rings. The molecule has 6 rings (SSSR count). The smallest absolute Gasteiger partial charge is 0.145 e. The molecule has 0 saturated carbocycles. The van der Waals surface area contributed by atoms with Crippen LogP contribution in [-0.4, -0.2) is 72.4 Å². The Morgan fingerprint density at radius 3 is 2.18 bits per heavy atom. The van der Waals surface area contributed by atoms with Crippen molar-refractivity contribution in [3.05, 3.63) is 101 Å². The maximum Gasteiger partial charge on any atom is 0.145 e. The molecule has 1 aliphatic heterocycles. The standard InChI is InChI=1S/C32H35N3O3/c1-37-30-15-14-29(28-11-6-16-33-31(28)30)38-22-25(36)21-34-17-19-35(20-18-34)32-26-9-4-2-7-23(26)12-13-24-8-3-5-10-27(24)32/h2-11,14-16,25,32,36H,12-13,17-22H2,1H3. The number of aryl methyl sites for hydroxylation is 2. The van der Waals surface area contributed by atoms with E-state index >= 15 is 0 Å². The van der Waals surface area contributed by atoms with Crippen molar-refractivity contribution in [1.29, 1.82) is 0 Å². The number of β-amino-alcohol motifs (C(OH)–C–C–N with tert-alkyl or cyclic N) is 1. The van der Waals surface area contributed by atoms with Gasteiger partial charge < -0.3 is 14.6 Å². The van der Waals surface area contributed by atoms with Crippen LogP contribution in [0.1, 0.15) is 28.3 Å². The average molecular weight is 510 g/mol. The molecule has 1 aliphatic carbocycles. The molecule has 1 aromatic heterocycles. The average Bonchev–Trinajstić information content (AvgIpc) is 3.13. The number of pyridine rings is 1. The fourth-order valence-corrected chi connectivity index (χ4v) is 6.04. The minimum atomic E-state index is -0.574. The predicted molar refractivity (Wildman–Crippen MR) is 150 cm³/mol. The summed E-state index contributed by atoms with van der Waals surface area (Å²) < 4.78 is 11.5. The van der Waals surface area contributed by atoms with Gasteiger partial charge in [0.25, 0.3) is 0 Å². The summed E-state index contributed by atoms with van der Waals surface area (Å²) in [5.41, 5.74) is 6.58. The highest BCUT2D eigenvalue weighted by molar-refractivity contribution is 5.89. The Morgan fingerprint density at radius 2 is 1.50 bits per heavy atom. The van der Waals surface area contributed by atoms with Crippen LogP contribution in [-0.2, 0) is 12.8 Å². The van der Waals surface area contributed by atoms with Gasteiger partial charge in [-0.2, -0.15) is 0 Å². The second kappa shape index (κ2) is 11.1. The quantitative estimate of drug-likeness (QED) is 0.396. The van der Waals surface area contributed by atoms with Crippen molar-refractivity contribution in [2.75, 3.05) is 46.4 Å². The van der Waals surface area contributed by atoms with Gasteiger partial charge in [0.2, 0.25) is 0 Å². The van der Waals surface area contributed by atoms with Crippen LogP contribution in [0.5, 0.6) is 11.5 Å². The second-order valence-corrected chi connectivity index (χ2v) is 10.3. The monoisotopic (exact) mass is 509 g/mol. The predicted octanol–water partition coefficient (Wildman–Crippen LogP) is 4.49. The summed E-state index contributed by atoms with van der Waals surface area (Å²) >= 11 is 0. The first-order valence-corrected chi connectivity index (χ1v) is 13.6. The summed E-state index contributed by atoms with van der Waals surface area (Å²) in [6, 6.07) is 25.8. The number of aliphatic hydroxyl groups is 1. The van der Waals surface area contributed by atoms with Gasteiger partial charge in [0, 0.05) is 44.3 Å². The van der Waals surface area contributed by atoms with E-state index in [1.54, 1.807) is 13.3 Å². The van der Waals surface area contributed by atoms with E-state index in [1.165, 1.54) is 22.3 Å². The van der Waals surface area contributed by atoms with Crippen molar-refractivity contribution in [1.82, 2.24) is 14.8 Å². The maximum absolute atomic E-state index is 10.8. The van der Waals surface area contributed by atoms with E-state index in [4.69, 9.17) is 9.47 Å². The molecular weight excluding hydrogens is 474 g/mol. The Kier molecular flexibility index (Phi) is 7.27. The number of methoxy groups -OCH3 is 1. The van der Waals surface area contributed by atoms with Crippen LogP contribution in [0, 0.1) is 0 Å². The normalized spacial score (nSPS) is 17.4. The van der Waals surface area contributed by atoms with Crippen molar-refractivity contribution in [2.45, 2.75) is 25.0 Å². The van der Waals surface area contributed by atoms with Crippen LogP contribution in [0.4, 0.5) is 0 Å². The zero-order valence-corrected chi connectivity index (χ0v) is 21.9. The molecule has 38 heavy (non-hydrogen) atoms. The molecule has 4 aromatic rings. The Balaban J connectivity index is 1.09. The van der Waals surface area contributed by atoms with Gasteiger partial charge in [0.15, 0.2) is 0 Å². The maximum atomic E-state index is 10.8. The van der Waals surface area contributed by atoms with Gasteiger partial charge in [-0.3, -0.25) is 14.8 Å². The van der Waals surface area contributed by atoms with Crippen LogP contribution in [0.25, 0.3) is 10.9 Å². The van der Waals surface area contributed by atoms with Crippen LogP contribution >= 0.6 is 0 Å². The number of aromatic nitrogens is 1. The van der Waals surface area contributed by atoms with Crippen LogP contribution in [0.3, 0.4) is 0 Å². The molecule has 0 spiro atoms. The summed E-state index contributed by atoms with van der Waals surface area (Å²) in [6.45, 7) is 4.61. The van der Waals surface area contributed by atoms with Crippen molar-refractivity contribution in [3.63, 3.8) is 0 Å². The van der Waals surface area contributed by atoms with E-state index in [-0.39, 0.29) is 12.6 Å². The van der Waals surface area contributed by atoms with E-state index in [0.717, 1.165) is 49.9 Å². The number of piperazine rings is 1. The third-order valence-corrected chi connectivity index (χ3v) is 7.95. The summed E-state index contributed by atoms with van der Waals surface area (Å²) in [7, 11) is 1.64. The first-order valence-electron chi connectivity index (χ1n) is 13.6. The number of ether oxygens (including phenoxy) is 2. The van der Waals surface area contributed by atoms with Crippen molar-refractivity contribution in [2.24, 2.45) is 0 Å². The number of rotatable bonds is 7. The minimum Gasteiger partial charge on any atom is -0.494 e. The zero-order valence-electron chi connectivity index (χ0n) is 21.9. The molecule has 6 heteroatoms. The molecule has 3 aromatic carbocycles. The summed E-state index contributed by atoms with van der Waals surface area (Å²) in [6.07, 6.45) is 3.36. The lowest BCUT2D eigenvalue weighted by Crippen LogP contribution is -2.50. The number of benzene rings is 3. The largest absolute Gasteiger partial charge is 0.494 e. The lowest BCUT2D eigenvalue weighted by atomic mass is 9.92. The first-order chi connectivity index (χ1) is 18.7. The molecule has 1 fully saturated rings. The zero-order chi connectivity index (χ0) is 25.9. The van der Waals surface area contributed by atoms with Crippen molar-refractivity contribution in [3.8, 4) is 11.5 Å². The Morgan fingerprint density at radius 1 is 0.842 bits per heavy atom. The molecule has 1 atom stereocenters. The third-order valence-electron chi connectivity index (χ3n) is 7.95. The van der Waals surface area contributed by atoms with E-state index in [2.05, 4.69) is 63.3 Å². The lowest BCUT2D eigenvalue weighted by molar-refractivity contribution is 0.0403. The fourth-order valence-electron chi connectivity index (χ4n) is 6.04. The van der Waals surface area contributed by atoms with E-state index < -0.39 is 6.10 Å². The molecule has 1 saturated heterocycles. The molecule has 0 amide bonds. The van der Waals surface area contributed by atoms with Gasteiger partial charge in [-0.05, 0) is 59.4 Å². The van der Waals surface area contributed by atoms with Gasteiger partial charge in [-0.25, -0.2) is 0 Å². The number of nitrogens with zero attached hydrogens (tertiary/aromatic N) is 3. The highest BCUT2D eigenvalue weighted by Gasteiger charge is 2.31. The fraction of sp³-hybridized carbons (Fsp3) is 0.344. The number of hydrogen-bond donors (Lipinski definition) is 1. The number of aliphatic hydroxyl groups excluding tert-OH is 1. The van der Waals surface area contributed by atoms with Crippen LogP contribution < -0.4 is 9.47 Å². The first kappa shape index (κ1) is 24.9. The van der Waals surface area contributed by atoms with E-state index in [9.17, 15) is 5.11 Å². The van der Waals surface area contributed by atoms with Gasteiger partial charge in [-0.15, -0.1) is 0 Å². The molecule has 6 nitrogen and oxygen atoms in total. The molecule has 1 N–H and O–H groups in total. The van der Waals surface area contributed by atoms with Gasteiger partial charge in [0.1, 0.15) is 29.7 Å². The second-order valence-electron chi connectivity index (χ2n) is 10.3. The molecule has 0 bridgehead atoms. The summed E-state index contributed by atoms with van der Waals surface area (Å²) in [5, 5.41) is 11.7. The van der Waals surface area contributed by atoms with Crippen LogP contribution in [0.15, 0.2) is 79.0 Å². The Bertz CT molecular complexity index is 1350. The SMILES string of the molecule is COc1ccc(OCC(O)CN2CCN(C3c4ccccc4CCc4ccccc43)CC2)c2cccnc12. The Labute approximate surface area is 224 Å². The molecular formula is C32H35N3O3. The molecule has 2 heterocycles. The lowest BCUT2D eigenvalue weighted by Gasteiger charge is -2.40. The number of hydrogen-bond acceptors (Lipinski definition) is 6. The highest BCUT2D eigenvalue weighted by Crippen LogP contribution is 2.37. The van der Waals surface area contributed by atoms with Gasteiger partial charge in [-0.1, -0.05) is 48.5 Å². The third kappa shape index (κ3) is 4.99. The van der Waals surface area contributed by atoms with Crippen molar-refractivity contribution < 1.29 is 14.6 Å². The summed E-state index contributed by atoms with van der Waals surface area (Å²) in [4.78, 5) is 9.41. The Hall–Kier alpha value is -3.45. The molecule has 1 unspecified atom stereocenters. The van der Waals surface area contributed by atoms with Gasteiger partial charge in [0.05, 0.1) is 13.2 Å². The molecule has 0 radical (unpaired) electrons. The van der Waals surface area contributed by atoms with Gasteiger partial charge >= 0.3 is 0 Å².